The summed E-state index contributed by atoms with van der Waals surface area (Å²) in [4.78, 5) is 13.9. The van der Waals surface area contributed by atoms with E-state index in [0.29, 0.717) is 18.1 Å². The van der Waals surface area contributed by atoms with Gasteiger partial charge in [0.05, 0.1) is 17.6 Å². The van der Waals surface area contributed by atoms with Crippen LogP contribution in [-0.4, -0.2) is 16.5 Å². The predicted molar refractivity (Wildman–Crippen MR) is 46.8 cm³/mol. The van der Waals surface area contributed by atoms with Crippen molar-refractivity contribution in [2.24, 2.45) is 0 Å². The van der Waals surface area contributed by atoms with Gasteiger partial charge in [0.2, 0.25) is 5.88 Å². The Kier molecular flexibility index (Phi) is 2.79. The number of hydrogen-bond donors (Lipinski definition) is 0. The van der Waals surface area contributed by atoms with E-state index in [1.807, 2.05) is 0 Å². The van der Waals surface area contributed by atoms with E-state index in [2.05, 4.69) is 4.98 Å². The molecule has 0 radical (unpaired) electrons. The minimum Gasteiger partial charge on any atom is -0.478 e. The molecule has 0 aromatic carbocycles. The van der Waals surface area contributed by atoms with Crippen molar-refractivity contribution in [3.05, 3.63) is 27.9 Å². The van der Waals surface area contributed by atoms with Gasteiger partial charge in [-0.2, -0.15) is 0 Å². The van der Waals surface area contributed by atoms with Gasteiger partial charge in [-0.25, -0.2) is 4.98 Å². The minimum atomic E-state index is -0.445. The van der Waals surface area contributed by atoms with Gasteiger partial charge in [0.15, 0.2) is 0 Å². The second-order valence-corrected chi connectivity index (χ2v) is 2.50. The molecule has 0 bridgehead atoms. The Morgan fingerprint density at radius 3 is 2.92 bits per heavy atom. The molecule has 5 nitrogen and oxygen atoms in total. The molecule has 0 saturated heterocycles. The molecule has 0 N–H and O–H groups in total. The maximum Gasteiger partial charge on any atom is 0.279 e. The van der Waals surface area contributed by atoms with E-state index in [1.54, 1.807) is 13.8 Å². The van der Waals surface area contributed by atoms with Crippen molar-refractivity contribution in [1.82, 2.24) is 4.98 Å². The quantitative estimate of drug-likeness (QED) is 0.527. The highest BCUT2D eigenvalue weighted by Crippen LogP contribution is 2.20. The molecule has 0 aliphatic carbocycles. The first kappa shape index (κ1) is 9.44. The van der Waals surface area contributed by atoms with Crippen LogP contribution in [0.5, 0.6) is 5.88 Å². The zero-order valence-corrected chi connectivity index (χ0v) is 7.48. The first-order valence-electron chi connectivity index (χ1n) is 3.89. The zero-order chi connectivity index (χ0) is 9.84. The van der Waals surface area contributed by atoms with E-state index in [1.165, 1.54) is 12.3 Å². The Labute approximate surface area is 75.5 Å². The molecule has 0 unspecified atom stereocenters. The highest BCUT2D eigenvalue weighted by atomic mass is 16.6. The fourth-order valence-electron chi connectivity index (χ4n) is 0.918. The summed E-state index contributed by atoms with van der Waals surface area (Å²) in [6.07, 6.45) is 1.43. The average Bonchev–Trinajstić information content (AvgIpc) is 2.08. The Hall–Kier alpha value is -1.65. The SMILES string of the molecule is CCOc1cc([N+](=O)[O-])c(C)cn1. The van der Waals surface area contributed by atoms with E-state index in [0.717, 1.165) is 0 Å². The van der Waals surface area contributed by atoms with Crippen molar-refractivity contribution in [2.75, 3.05) is 6.61 Å². The van der Waals surface area contributed by atoms with Crippen molar-refractivity contribution in [1.29, 1.82) is 0 Å². The molecule has 1 aromatic rings. The van der Waals surface area contributed by atoms with Gasteiger partial charge in [-0.15, -0.1) is 0 Å². The molecule has 5 heteroatoms. The molecular weight excluding hydrogens is 172 g/mol. The number of ether oxygens (including phenoxy) is 1. The first-order chi connectivity index (χ1) is 6.15. The molecule has 1 heterocycles. The summed E-state index contributed by atoms with van der Waals surface area (Å²) < 4.78 is 5.04. The van der Waals surface area contributed by atoms with Crippen LogP contribution in [0.2, 0.25) is 0 Å². The van der Waals surface area contributed by atoms with E-state index in [-0.39, 0.29) is 5.69 Å². The topological polar surface area (TPSA) is 65.3 Å². The lowest BCUT2D eigenvalue weighted by atomic mass is 10.3. The lowest BCUT2D eigenvalue weighted by molar-refractivity contribution is -0.385. The molecule has 0 aliphatic heterocycles. The second kappa shape index (κ2) is 3.84. The maximum atomic E-state index is 10.5. The fourth-order valence-corrected chi connectivity index (χ4v) is 0.918. The molecule has 0 saturated carbocycles. The summed E-state index contributed by atoms with van der Waals surface area (Å²) in [5, 5.41) is 10.5. The highest BCUT2D eigenvalue weighted by molar-refractivity contribution is 5.40. The standard InChI is InChI=1S/C8H10N2O3/c1-3-13-8-4-7(10(11)12)6(2)5-9-8/h4-5H,3H2,1-2H3. The predicted octanol–water partition coefficient (Wildman–Crippen LogP) is 1.70. The van der Waals surface area contributed by atoms with Gasteiger partial charge in [-0.05, 0) is 13.8 Å². The van der Waals surface area contributed by atoms with Gasteiger partial charge in [-0.3, -0.25) is 10.1 Å². The molecule has 0 amide bonds. The summed E-state index contributed by atoms with van der Waals surface area (Å²) in [5.74, 6) is 0.291. The van der Waals surface area contributed by atoms with Crippen LogP contribution in [0.1, 0.15) is 12.5 Å². The van der Waals surface area contributed by atoms with Gasteiger partial charge in [0, 0.05) is 11.8 Å². The lowest BCUT2D eigenvalue weighted by Crippen LogP contribution is -1.97. The summed E-state index contributed by atoms with van der Waals surface area (Å²) in [6, 6.07) is 1.33. The molecule has 0 fully saturated rings. The third kappa shape index (κ3) is 2.14. The van der Waals surface area contributed by atoms with Crippen molar-refractivity contribution in [3.63, 3.8) is 0 Å². The van der Waals surface area contributed by atoms with Crippen LogP contribution in [0.3, 0.4) is 0 Å². The highest BCUT2D eigenvalue weighted by Gasteiger charge is 2.12. The van der Waals surface area contributed by atoms with Gasteiger partial charge < -0.3 is 4.74 Å². The van der Waals surface area contributed by atoms with E-state index in [4.69, 9.17) is 4.74 Å². The van der Waals surface area contributed by atoms with Gasteiger partial charge in [0.25, 0.3) is 5.69 Å². The van der Waals surface area contributed by atoms with Crippen LogP contribution >= 0.6 is 0 Å². The third-order valence-electron chi connectivity index (χ3n) is 1.54. The van der Waals surface area contributed by atoms with Crippen LogP contribution in [0, 0.1) is 17.0 Å². The van der Waals surface area contributed by atoms with E-state index < -0.39 is 4.92 Å². The molecule has 0 aliphatic rings. The summed E-state index contributed by atoms with van der Waals surface area (Å²) in [6.45, 7) is 3.89. The number of rotatable bonds is 3. The molecule has 13 heavy (non-hydrogen) atoms. The number of aryl methyl sites for hydroxylation is 1. The van der Waals surface area contributed by atoms with Gasteiger partial charge in [0.1, 0.15) is 0 Å². The van der Waals surface area contributed by atoms with Crippen molar-refractivity contribution < 1.29 is 9.66 Å². The first-order valence-corrected chi connectivity index (χ1v) is 3.89. The number of hydrogen-bond acceptors (Lipinski definition) is 4. The lowest BCUT2D eigenvalue weighted by Gasteiger charge is -2.01. The van der Waals surface area contributed by atoms with Crippen LogP contribution < -0.4 is 4.74 Å². The smallest absolute Gasteiger partial charge is 0.279 e. The van der Waals surface area contributed by atoms with Gasteiger partial charge in [-0.1, -0.05) is 0 Å². The Morgan fingerprint density at radius 2 is 2.38 bits per heavy atom. The normalized spacial score (nSPS) is 9.69. The number of pyridine rings is 1. The molecule has 0 atom stereocenters. The van der Waals surface area contributed by atoms with E-state index in [9.17, 15) is 10.1 Å². The van der Waals surface area contributed by atoms with Crippen LogP contribution in [0.25, 0.3) is 0 Å². The number of nitrogens with zero attached hydrogens (tertiary/aromatic N) is 2. The molecule has 70 valence electrons. The Bertz CT molecular complexity index is 325. The van der Waals surface area contributed by atoms with Crippen molar-refractivity contribution in [3.8, 4) is 5.88 Å². The molecular formula is C8H10N2O3. The Balaban J connectivity index is 3.04. The van der Waals surface area contributed by atoms with Crippen LogP contribution in [0.4, 0.5) is 5.69 Å². The molecule has 1 aromatic heterocycles. The average molecular weight is 182 g/mol. The summed E-state index contributed by atoms with van der Waals surface area (Å²) in [7, 11) is 0. The van der Waals surface area contributed by atoms with Crippen molar-refractivity contribution >= 4 is 5.69 Å². The minimum absolute atomic E-state index is 0.0402. The number of aromatic nitrogens is 1. The third-order valence-corrected chi connectivity index (χ3v) is 1.54. The second-order valence-electron chi connectivity index (χ2n) is 2.50. The largest absolute Gasteiger partial charge is 0.478 e. The van der Waals surface area contributed by atoms with Gasteiger partial charge >= 0.3 is 0 Å². The zero-order valence-electron chi connectivity index (χ0n) is 7.48. The van der Waals surface area contributed by atoms with Crippen LogP contribution in [-0.2, 0) is 0 Å². The number of nitro groups is 1. The van der Waals surface area contributed by atoms with E-state index >= 15 is 0 Å². The Morgan fingerprint density at radius 1 is 1.69 bits per heavy atom. The summed E-state index contributed by atoms with van der Waals surface area (Å²) >= 11 is 0. The fraction of sp³-hybridized carbons (Fsp3) is 0.375. The monoisotopic (exact) mass is 182 g/mol. The summed E-state index contributed by atoms with van der Waals surface area (Å²) in [5.41, 5.74) is 0.576. The van der Waals surface area contributed by atoms with Crippen LogP contribution in [0.15, 0.2) is 12.3 Å². The maximum absolute atomic E-state index is 10.5. The molecule has 1 rings (SSSR count). The molecule has 0 spiro atoms. The van der Waals surface area contributed by atoms with Crippen molar-refractivity contribution in [2.45, 2.75) is 13.8 Å².